The second-order valence-corrected chi connectivity index (χ2v) is 6.76. The second kappa shape index (κ2) is 11.6. The van der Waals surface area contributed by atoms with Gasteiger partial charge in [0.15, 0.2) is 5.92 Å². The van der Waals surface area contributed by atoms with E-state index in [2.05, 4.69) is 20.1 Å². The van der Waals surface area contributed by atoms with Gasteiger partial charge in [-0.1, -0.05) is 25.1 Å². The standard InChI is InChI=1S/C20H25FN2O8/c1-10(15(19(28)30-3)20(29)31-4)16(18(26)27)23-17(25)14(22-11(2)24)9-12-7-5-6-8-13(12)21/h5-8,10,14-16H,9H2,1-4H3,(H,22,24)(H,23,25)(H,26,27)/t10-,14+,16+/m1/s1. The molecule has 0 aliphatic rings. The van der Waals surface area contributed by atoms with Gasteiger partial charge >= 0.3 is 17.9 Å². The van der Waals surface area contributed by atoms with Crippen LogP contribution in [0.4, 0.5) is 4.39 Å². The minimum absolute atomic E-state index is 0.123. The van der Waals surface area contributed by atoms with Crippen LogP contribution in [0.1, 0.15) is 19.4 Å². The number of carboxylic acids is 1. The maximum absolute atomic E-state index is 14.0. The van der Waals surface area contributed by atoms with Crippen molar-refractivity contribution in [2.45, 2.75) is 32.4 Å². The molecule has 0 fully saturated rings. The molecule has 0 bridgehead atoms. The van der Waals surface area contributed by atoms with Crippen LogP contribution in [0.3, 0.4) is 0 Å². The first kappa shape index (κ1) is 25.5. The molecule has 0 spiro atoms. The number of carbonyl (C=O) groups excluding carboxylic acids is 4. The van der Waals surface area contributed by atoms with E-state index in [1.54, 1.807) is 6.07 Å². The summed E-state index contributed by atoms with van der Waals surface area (Å²) in [7, 11) is 2.03. The average molecular weight is 440 g/mol. The molecular weight excluding hydrogens is 415 g/mol. The largest absolute Gasteiger partial charge is 0.480 e. The van der Waals surface area contributed by atoms with Crippen LogP contribution in [0.15, 0.2) is 24.3 Å². The van der Waals surface area contributed by atoms with Crippen molar-refractivity contribution in [1.82, 2.24) is 10.6 Å². The number of nitrogens with one attached hydrogen (secondary N) is 2. The fraction of sp³-hybridized carbons (Fsp3) is 0.450. The summed E-state index contributed by atoms with van der Waals surface area (Å²) in [6.45, 7) is 2.39. The van der Waals surface area contributed by atoms with E-state index in [0.29, 0.717) is 0 Å². The number of benzene rings is 1. The molecule has 3 atom stereocenters. The normalized spacial score (nSPS) is 13.5. The van der Waals surface area contributed by atoms with E-state index in [1.807, 2.05) is 0 Å². The van der Waals surface area contributed by atoms with Crippen molar-refractivity contribution in [1.29, 1.82) is 0 Å². The van der Waals surface area contributed by atoms with Gasteiger partial charge in [-0.15, -0.1) is 0 Å². The molecule has 0 saturated carbocycles. The smallest absolute Gasteiger partial charge is 0.326 e. The third kappa shape index (κ3) is 7.05. The van der Waals surface area contributed by atoms with E-state index < -0.39 is 59.5 Å². The first-order valence-corrected chi connectivity index (χ1v) is 9.22. The van der Waals surface area contributed by atoms with Gasteiger partial charge in [-0.25, -0.2) is 9.18 Å². The Morgan fingerprint density at radius 1 is 1.03 bits per heavy atom. The second-order valence-electron chi connectivity index (χ2n) is 6.76. The fourth-order valence-corrected chi connectivity index (χ4v) is 2.98. The van der Waals surface area contributed by atoms with Gasteiger partial charge < -0.3 is 25.2 Å². The summed E-state index contributed by atoms with van der Waals surface area (Å²) in [5.41, 5.74) is 0.123. The van der Waals surface area contributed by atoms with Gasteiger partial charge in [0.2, 0.25) is 11.8 Å². The van der Waals surface area contributed by atoms with Crippen molar-refractivity contribution >= 4 is 29.7 Å². The minimum atomic E-state index is -1.72. The Morgan fingerprint density at radius 3 is 2.03 bits per heavy atom. The number of hydrogen-bond acceptors (Lipinski definition) is 7. The molecule has 10 nitrogen and oxygen atoms in total. The summed E-state index contributed by atoms with van der Waals surface area (Å²) in [6, 6.07) is 2.57. The van der Waals surface area contributed by atoms with Crippen molar-refractivity contribution in [3.63, 3.8) is 0 Å². The molecule has 1 rings (SSSR count). The number of esters is 2. The Balaban J connectivity index is 3.16. The lowest BCUT2D eigenvalue weighted by Crippen LogP contribution is -2.56. The third-order valence-electron chi connectivity index (χ3n) is 4.60. The van der Waals surface area contributed by atoms with Crippen molar-refractivity contribution in [2.24, 2.45) is 11.8 Å². The number of hydrogen-bond donors (Lipinski definition) is 3. The molecule has 0 radical (unpaired) electrons. The van der Waals surface area contributed by atoms with E-state index in [9.17, 15) is 33.5 Å². The third-order valence-corrected chi connectivity index (χ3v) is 4.60. The van der Waals surface area contributed by atoms with Crippen molar-refractivity contribution < 1.29 is 42.9 Å². The van der Waals surface area contributed by atoms with Gasteiger partial charge in [-0.3, -0.25) is 19.2 Å². The zero-order valence-electron chi connectivity index (χ0n) is 17.5. The Morgan fingerprint density at radius 2 is 1.58 bits per heavy atom. The summed E-state index contributed by atoms with van der Waals surface area (Å²) < 4.78 is 23.1. The first-order valence-electron chi connectivity index (χ1n) is 9.22. The van der Waals surface area contributed by atoms with E-state index >= 15 is 0 Å². The zero-order chi connectivity index (χ0) is 23.7. The van der Waals surface area contributed by atoms with E-state index in [4.69, 9.17) is 0 Å². The number of carbonyl (C=O) groups is 5. The first-order chi connectivity index (χ1) is 14.5. The summed E-state index contributed by atoms with van der Waals surface area (Å²) in [5.74, 6) is -8.65. The van der Waals surface area contributed by atoms with Crippen LogP contribution in [-0.4, -0.2) is 61.1 Å². The van der Waals surface area contributed by atoms with Crippen LogP contribution in [0.5, 0.6) is 0 Å². The number of amides is 2. The Bertz CT molecular complexity index is 828. The summed E-state index contributed by atoms with van der Waals surface area (Å²) >= 11 is 0. The lowest BCUT2D eigenvalue weighted by molar-refractivity contribution is -0.163. The van der Waals surface area contributed by atoms with Crippen LogP contribution in [0, 0.1) is 17.7 Å². The van der Waals surface area contributed by atoms with Gasteiger partial charge in [-0.2, -0.15) is 0 Å². The topological polar surface area (TPSA) is 148 Å². The average Bonchev–Trinajstić information content (AvgIpc) is 2.71. The highest BCUT2D eigenvalue weighted by atomic mass is 19.1. The van der Waals surface area contributed by atoms with Gasteiger partial charge in [0.1, 0.15) is 17.9 Å². The minimum Gasteiger partial charge on any atom is -0.480 e. The molecule has 0 aliphatic heterocycles. The molecule has 0 heterocycles. The number of carboxylic acid groups (broad SMARTS) is 1. The lowest BCUT2D eigenvalue weighted by atomic mass is 9.87. The predicted octanol–water partition coefficient (Wildman–Crippen LogP) is 0.0406. The fourth-order valence-electron chi connectivity index (χ4n) is 2.98. The quantitative estimate of drug-likeness (QED) is 0.341. The van der Waals surface area contributed by atoms with Gasteiger partial charge in [0, 0.05) is 19.3 Å². The predicted molar refractivity (Wildman–Crippen MR) is 104 cm³/mol. The van der Waals surface area contributed by atoms with Crippen molar-refractivity contribution in [3.05, 3.63) is 35.6 Å². The van der Waals surface area contributed by atoms with E-state index in [-0.39, 0.29) is 12.0 Å². The molecular formula is C20H25FN2O8. The molecule has 0 unspecified atom stereocenters. The molecule has 2 amide bonds. The molecule has 0 aromatic heterocycles. The summed E-state index contributed by atoms with van der Waals surface area (Å²) in [6.07, 6.45) is -0.254. The highest BCUT2D eigenvalue weighted by Crippen LogP contribution is 2.20. The maximum Gasteiger partial charge on any atom is 0.326 e. The molecule has 0 saturated heterocycles. The van der Waals surface area contributed by atoms with Crippen LogP contribution in [0.2, 0.25) is 0 Å². The zero-order valence-corrected chi connectivity index (χ0v) is 17.5. The van der Waals surface area contributed by atoms with E-state index in [1.165, 1.54) is 25.1 Å². The van der Waals surface area contributed by atoms with Crippen LogP contribution in [-0.2, 0) is 39.9 Å². The molecule has 31 heavy (non-hydrogen) atoms. The number of methoxy groups -OCH3 is 2. The van der Waals surface area contributed by atoms with Gasteiger partial charge in [0.25, 0.3) is 0 Å². The molecule has 1 aromatic carbocycles. The highest BCUT2D eigenvalue weighted by Gasteiger charge is 2.42. The molecule has 3 N–H and O–H groups in total. The summed E-state index contributed by atoms with van der Waals surface area (Å²) in [4.78, 5) is 60.1. The molecule has 170 valence electrons. The van der Waals surface area contributed by atoms with E-state index in [0.717, 1.165) is 21.1 Å². The number of rotatable bonds is 10. The van der Waals surface area contributed by atoms with Crippen LogP contribution < -0.4 is 10.6 Å². The van der Waals surface area contributed by atoms with Gasteiger partial charge in [-0.05, 0) is 11.6 Å². The number of aliphatic carboxylic acids is 1. The molecule has 0 aliphatic carbocycles. The Kier molecular flexibility index (Phi) is 9.58. The Hall–Kier alpha value is -3.50. The van der Waals surface area contributed by atoms with Crippen LogP contribution in [0.25, 0.3) is 0 Å². The number of halogens is 1. The SMILES string of the molecule is COC(=O)C(C(=O)OC)[C@@H](C)[C@H](NC(=O)[C@H](Cc1ccccc1F)NC(C)=O)C(=O)O. The van der Waals surface area contributed by atoms with Crippen molar-refractivity contribution in [3.8, 4) is 0 Å². The number of ether oxygens (including phenoxy) is 2. The van der Waals surface area contributed by atoms with Crippen molar-refractivity contribution in [2.75, 3.05) is 14.2 Å². The molecule has 1 aromatic rings. The lowest BCUT2D eigenvalue weighted by Gasteiger charge is -2.27. The van der Waals surface area contributed by atoms with Gasteiger partial charge in [0.05, 0.1) is 14.2 Å². The monoisotopic (exact) mass is 440 g/mol. The van der Waals surface area contributed by atoms with Crippen LogP contribution >= 0.6 is 0 Å². The maximum atomic E-state index is 14.0. The molecule has 11 heteroatoms. The highest BCUT2D eigenvalue weighted by molar-refractivity contribution is 5.97. The summed E-state index contributed by atoms with van der Waals surface area (Å²) in [5, 5.41) is 14.1. The Labute approximate surface area is 178 Å².